The molecular formula is C22H23FN8O2. The summed E-state index contributed by atoms with van der Waals surface area (Å²) in [5, 5.41) is 31.3. The standard InChI is InChI=1S/C22H23FN8O2/c1-12-8-26-31(11-12)17-6-16(9-25-10-17)28-20-15(7-24)5-18(23)21(30-20)29-19(14-3-4-14)13(2)27-22(32)33/h5-6,8-11,13-14,19,27H,3-4H2,1-2H3,(H,32,33)(H2,28,29,30)/t13-,19-/m0/s1. The summed E-state index contributed by atoms with van der Waals surface area (Å²) in [5.74, 6) is -0.382. The van der Waals surface area contributed by atoms with Gasteiger partial charge in [-0.2, -0.15) is 10.4 Å². The predicted molar refractivity (Wildman–Crippen MR) is 119 cm³/mol. The van der Waals surface area contributed by atoms with Crippen molar-refractivity contribution in [3.8, 4) is 11.8 Å². The molecule has 1 fully saturated rings. The van der Waals surface area contributed by atoms with Crippen LogP contribution in [0.15, 0.2) is 36.9 Å². The Morgan fingerprint density at radius 1 is 1.30 bits per heavy atom. The van der Waals surface area contributed by atoms with Crippen molar-refractivity contribution in [2.75, 3.05) is 10.6 Å². The molecule has 4 rings (SSSR count). The Bertz CT molecular complexity index is 1220. The van der Waals surface area contributed by atoms with Crippen LogP contribution in [-0.2, 0) is 0 Å². The lowest BCUT2D eigenvalue weighted by atomic mass is 10.0. The summed E-state index contributed by atoms with van der Waals surface area (Å²) in [6.45, 7) is 3.65. The van der Waals surface area contributed by atoms with Crippen molar-refractivity contribution < 1.29 is 14.3 Å². The van der Waals surface area contributed by atoms with E-state index in [1.807, 2.05) is 19.2 Å². The molecule has 2 atom stereocenters. The molecule has 3 heterocycles. The Morgan fingerprint density at radius 3 is 2.73 bits per heavy atom. The Hall–Kier alpha value is -4.20. The molecule has 33 heavy (non-hydrogen) atoms. The monoisotopic (exact) mass is 450 g/mol. The Morgan fingerprint density at radius 2 is 2.09 bits per heavy atom. The number of nitrogens with one attached hydrogen (secondary N) is 3. The number of pyridine rings is 2. The topological polar surface area (TPSA) is 141 Å². The van der Waals surface area contributed by atoms with Crippen molar-refractivity contribution >= 4 is 23.4 Å². The van der Waals surface area contributed by atoms with Gasteiger partial charge in [-0.1, -0.05) is 0 Å². The summed E-state index contributed by atoms with van der Waals surface area (Å²) < 4.78 is 16.4. The number of halogens is 1. The van der Waals surface area contributed by atoms with Gasteiger partial charge in [0.2, 0.25) is 0 Å². The SMILES string of the molecule is Cc1cnn(-c2cncc(Nc3nc(N[C@H](C4CC4)[C@H](C)NC(=O)O)c(F)cc3C#N)c2)c1. The van der Waals surface area contributed by atoms with Gasteiger partial charge in [0.1, 0.15) is 6.07 Å². The molecule has 0 unspecified atom stereocenters. The molecule has 1 aliphatic carbocycles. The zero-order valence-corrected chi connectivity index (χ0v) is 18.1. The first-order valence-corrected chi connectivity index (χ1v) is 10.4. The second-order valence-electron chi connectivity index (χ2n) is 8.09. The minimum Gasteiger partial charge on any atom is -0.465 e. The van der Waals surface area contributed by atoms with Crippen LogP contribution < -0.4 is 16.0 Å². The van der Waals surface area contributed by atoms with Crippen molar-refractivity contribution in [2.45, 2.75) is 38.8 Å². The number of nitriles is 1. The quantitative estimate of drug-likeness (QED) is 0.408. The molecule has 10 nitrogen and oxygen atoms in total. The first-order chi connectivity index (χ1) is 15.8. The average Bonchev–Trinajstić information content (AvgIpc) is 3.52. The van der Waals surface area contributed by atoms with Crippen molar-refractivity contribution in [2.24, 2.45) is 5.92 Å². The zero-order valence-electron chi connectivity index (χ0n) is 18.1. The average molecular weight is 450 g/mol. The number of hydrogen-bond donors (Lipinski definition) is 4. The van der Waals surface area contributed by atoms with Crippen molar-refractivity contribution in [3.05, 3.63) is 53.9 Å². The molecule has 0 spiro atoms. The Kier molecular flexibility index (Phi) is 6.08. The molecule has 0 aliphatic heterocycles. The van der Waals surface area contributed by atoms with Gasteiger partial charge in [0.25, 0.3) is 0 Å². The summed E-state index contributed by atoms with van der Waals surface area (Å²) in [6.07, 6.45) is 7.46. The number of carboxylic acid groups (broad SMARTS) is 1. The molecule has 3 aromatic heterocycles. The van der Waals surface area contributed by atoms with E-state index >= 15 is 0 Å². The molecule has 0 radical (unpaired) electrons. The second kappa shape index (κ2) is 9.12. The summed E-state index contributed by atoms with van der Waals surface area (Å²) in [7, 11) is 0. The fourth-order valence-corrected chi connectivity index (χ4v) is 3.63. The van der Waals surface area contributed by atoms with Gasteiger partial charge in [-0.15, -0.1) is 0 Å². The third kappa shape index (κ3) is 5.17. The lowest BCUT2D eigenvalue weighted by Gasteiger charge is -2.26. The number of anilines is 3. The Balaban J connectivity index is 1.61. The van der Waals surface area contributed by atoms with Gasteiger partial charge in [-0.05, 0) is 50.3 Å². The highest BCUT2D eigenvalue weighted by atomic mass is 19.1. The fourth-order valence-electron chi connectivity index (χ4n) is 3.63. The van der Waals surface area contributed by atoms with Crippen LogP contribution in [-0.4, -0.2) is 43.0 Å². The lowest BCUT2D eigenvalue weighted by Crippen LogP contribution is -2.45. The number of hydrogen-bond acceptors (Lipinski definition) is 7. The molecule has 3 aromatic rings. The largest absolute Gasteiger partial charge is 0.465 e. The number of nitrogens with zero attached hydrogens (tertiary/aromatic N) is 5. The molecule has 1 aliphatic rings. The van der Waals surface area contributed by atoms with E-state index in [0.717, 1.165) is 24.5 Å². The summed E-state index contributed by atoms with van der Waals surface area (Å²) in [4.78, 5) is 19.6. The highest BCUT2D eigenvalue weighted by Crippen LogP contribution is 2.36. The highest BCUT2D eigenvalue weighted by Gasteiger charge is 2.36. The fraction of sp³-hybridized carbons (Fsp3) is 0.318. The molecule has 0 aromatic carbocycles. The molecule has 11 heteroatoms. The molecule has 1 saturated carbocycles. The van der Waals surface area contributed by atoms with Gasteiger partial charge in [-0.25, -0.2) is 18.9 Å². The first-order valence-electron chi connectivity index (χ1n) is 10.4. The maximum atomic E-state index is 14.7. The molecule has 0 saturated heterocycles. The van der Waals surface area contributed by atoms with Crippen LogP contribution in [0, 0.1) is 30.0 Å². The zero-order chi connectivity index (χ0) is 23.5. The van der Waals surface area contributed by atoms with E-state index in [1.54, 1.807) is 36.3 Å². The number of aryl methyl sites for hydroxylation is 1. The highest BCUT2D eigenvalue weighted by molar-refractivity contribution is 5.67. The molecule has 170 valence electrons. The van der Waals surface area contributed by atoms with E-state index < -0.39 is 18.0 Å². The normalized spacial score (nSPS) is 14.7. The lowest BCUT2D eigenvalue weighted by molar-refractivity contribution is 0.188. The van der Waals surface area contributed by atoms with Gasteiger partial charge in [0.15, 0.2) is 17.5 Å². The third-order valence-electron chi connectivity index (χ3n) is 5.38. The molecule has 4 N–H and O–H groups in total. The Labute approximate surface area is 189 Å². The van der Waals surface area contributed by atoms with Crippen molar-refractivity contribution in [1.82, 2.24) is 25.1 Å². The third-order valence-corrected chi connectivity index (χ3v) is 5.38. The maximum absolute atomic E-state index is 14.7. The summed E-state index contributed by atoms with van der Waals surface area (Å²) >= 11 is 0. The second-order valence-corrected chi connectivity index (χ2v) is 8.09. The van der Waals surface area contributed by atoms with Crippen molar-refractivity contribution in [1.29, 1.82) is 5.26 Å². The van der Waals surface area contributed by atoms with Gasteiger partial charge < -0.3 is 21.1 Å². The minimum atomic E-state index is -1.15. The van der Waals surface area contributed by atoms with E-state index in [2.05, 4.69) is 31.0 Å². The number of rotatable bonds is 8. The van der Waals surface area contributed by atoms with E-state index in [1.165, 1.54) is 0 Å². The molecule has 1 amide bonds. The van der Waals surface area contributed by atoms with Crippen LogP contribution in [0.2, 0.25) is 0 Å². The number of aromatic nitrogens is 4. The van der Waals surface area contributed by atoms with E-state index in [-0.39, 0.29) is 29.2 Å². The van der Waals surface area contributed by atoms with E-state index in [0.29, 0.717) is 11.4 Å². The van der Waals surface area contributed by atoms with Crippen molar-refractivity contribution in [3.63, 3.8) is 0 Å². The van der Waals surface area contributed by atoms with E-state index in [4.69, 9.17) is 5.11 Å². The van der Waals surface area contributed by atoms with Crippen LogP contribution in [0.3, 0.4) is 0 Å². The summed E-state index contributed by atoms with van der Waals surface area (Å²) in [5.41, 5.74) is 2.27. The van der Waals surface area contributed by atoms with Gasteiger partial charge in [0.05, 0.1) is 41.6 Å². The molecular weight excluding hydrogens is 427 g/mol. The van der Waals surface area contributed by atoms with Crippen LogP contribution in [0.5, 0.6) is 0 Å². The van der Waals surface area contributed by atoms with E-state index in [9.17, 15) is 14.4 Å². The number of amides is 1. The summed E-state index contributed by atoms with van der Waals surface area (Å²) in [6, 6.07) is 4.04. The van der Waals surface area contributed by atoms with Crippen LogP contribution in [0.1, 0.15) is 30.9 Å². The van der Waals surface area contributed by atoms with Crippen LogP contribution >= 0.6 is 0 Å². The molecule has 0 bridgehead atoms. The van der Waals surface area contributed by atoms with Crippen LogP contribution in [0.25, 0.3) is 5.69 Å². The maximum Gasteiger partial charge on any atom is 0.404 e. The van der Waals surface area contributed by atoms with Gasteiger partial charge >= 0.3 is 6.09 Å². The number of carbonyl (C=O) groups is 1. The smallest absolute Gasteiger partial charge is 0.404 e. The first kappa shape index (κ1) is 22.0. The van der Waals surface area contributed by atoms with Gasteiger partial charge in [-0.3, -0.25) is 4.98 Å². The van der Waals surface area contributed by atoms with Gasteiger partial charge in [0, 0.05) is 12.2 Å². The minimum absolute atomic E-state index is 0.0260. The van der Waals surface area contributed by atoms with Crippen LogP contribution in [0.4, 0.5) is 26.5 Å². The predicted octanol–water partition coefficient (Wildman–Crippen LogP) is 3.57.